The van der Waals surface area contributed by atoms with Crippen LogP contribution in [-0.4, -0.2) is 51.5 Å². The summed E-state index contributed by atoms with van der Waals surface area (Å²) >= 11 is 0. The molecule has 0 atom stereocenters. The van der Waals surface area contributed by atoms with Crippen molar-refractivity contribution in [2.24, 2.45) is 5.29 Å². The van der Waals surface area contributed by atoms with E-state index >= 15 is 0 Å². The van der Waals surface area contributed by atoms with Gasteiger partial charge in [-0.25, -0.2) is 25.2 Å². The van der Waals surface area contributed by atoms with Crippen molar-refractivity contribution in [1.82, 2.24) is 15.0 Å². The lowest BCUT2D eigenvalue weighted by atomic mass is 10.4. The van der Waals surface area contributed by atoms with Crippen LogP contribution in [0.25, 0.3) is 0 Å². The molecule has 1 aliphatic rings. The van der Waals surface area contributed by atoms with Crippen molar-refractivity contribution in [3.05, 3.63) is 25.1 Å². The lowest BCUT2D eigenvalue weighted by molar-refractivity contribution is -0.677. The van der Waals surface area contributed by atoms with Crippen LogP contribution < -0.4 is 0 Å². The molecule has 1 rings (SSSR count). The van der Waals surface area contributed by atoms with Gasteiger partial charge in [-0.15, -0.1) is 14.9 Å². The number of nitroso groups, excluding NO2 is 1. The lowest BCUT2D eigenvalue weighted by Crippen LogP contribution is -2.49. The van der Waals surface area contributed by atoms with Crippen LogP contribution in [0.2, 0.25) is 0 Å². The second-order valence-electron chi connectivity index (χ2n) is 3.16. The Morgan fingerprint density at radius 2 is 1.44 bits per heavy atom. The molecule has 0 bridgehead atoms. The average molecular weight is 234 g/mol. The molecule has 0 unspecified atom stereocenters. The Bertz CT molecular complexity index is 273. The van der Waals surface area contributed by atoms with Gasteiger partial charge in [0.1, 0.15) is 0 Å². The molecule has 0 saturated carbocycles. The topological polar surface area (TPSA) is 125 Å². The number of hydrogen-bond donors (Lipinski definition) is 0. The van der Waals surface area contributed by atoms with E-state index in [4.69, 9.17) is 0 Å². The minimum absolute atomic E-state index is 0.0311. The van der Waals surface area contributed by atoms with Crippen LogP contribution in [0.15, 0.2) is 5.29 Å². The molecule has 11 nitrogen and oxygen atoms in total. The summed E-state index contributed by atoms with van der Waals surface area (Å²) in [6.07, 6.45) is 0.272. The predicted molar refractivity (Wildman–Crippen MR) is 49.4 cm³/mol. The number of nitro groups is 2. The fraction of sp³-hybridized carbons (Fsp3) is 1.00. The van der Waals surface area contributed by atoms with E-state index in [1.54, 1.807) is 0 Å². The minimum atomic E-state index is -0.653. The zero-order valence-electron chi connectivity index (χ0n) is 8.26. The van der Waals surface area contributed by atoms with Gasteiger partial charge in [0.15, 0.2) is 23.4 Å². The molecule has 1 saturated heterocycles. The Kier molecular flexibility index (Phi) is 3.74. The van der Waals surface area contributed by atoms with Gasteiger partial charge >= 0.3 is 0 Å². The molecule has 0 amide bonds. The van der Waals surface area contributed by atoms with Gasteiger partial charge in [0.05, 0.1) is 18.4 Å². The molecule has 1 aliphatic heterocycles. The highest BCUT2D eigenvalue weighted by atomic mass is 16.7. The molecule has 0 aliphatic carbocycles. The summed E-state index contributed by atoms with van der Waals surface area (Å²) in [6, 6.07) is 0. The standard InChI is InChI=1S/C5H10N6O5/c12-6-7-4-8(10(13)14)2-1-3-9(5-7)11(15)16/h1-5H2. The van der Waals surface area contributed by atoms with E-state index in [9.17, 15) is 25.1 Å². The second kappa shape index (κ2) is 5.04. The molecule has 0 aromatic heterocycles. The van der Waals surface area contributed by atoms with E-state index in [0.29, 0.717) is 0 Å². The number of hydrogen-bond acceptors (Lipinski definition) is 6. The monoisotopic (exact) mass is 234 g/mol. The maximum atomic E-state index is 10.5. The third kappa shape index (κ3) is 2.90. The maximum absolute atomic E-state index is 10.5. The first-order chi connectivity index (χ1) is 7.54. The zero-order valence-corrected chi connectivity index (χ0v) is 8.26. The Labute approximate surface area is 89.4 Å². The fourth-order valence-electron chi connectivity index (χ4n) is 1.32. The number of rotatable bonds is 3. The molecule has 0 aromatic rings. The van der Waals surface area contributed by atoms with Crippen molar-refractivity contribution in [3.63, 3.8) is 0 Å². The van der Waals surface area contributed by atoms with Crippen LogP contribution in [0.4, 0.5) is 0 Å². The highest BCUT2D eigenvalue weighted by Gasteiger charge is 2.27. The van der Waals surface area contributed by atoms with Crippen molar-refractivity contribution in [2.45, 2.75) is 6.42 Å². The van der Waals surface area contributed by atoms with Crippen LogP contribution in [0.3, 0.4) is 0 Å². The van der Waals surface area contributed by atoms with Gasteiger partial charge in [-0.1, -0.05) is 0 Å². The third-order valence-electron chi connectivity index (χ3n) is 2.06. The molecule has 1 heterocycles. The minimum Gasteiger partial charge on any atom is -0.235 e. The third-order valence-corrected chi connectivity index (χ3v) is 2.06. The Morgan fingerprint density at radius 3 is 1.75 bits per heavy atom. The van der Waals surface area contributed by atoms with Crippen LogP contribution in [0, 0.1) is 25.1 Å². The van der Waals surface area contributed by atoms with Crippen molar-refractivity contribution < 1.29 is 10.1 Å². The summed E-state index contributed by atoms with van der Waals surface area (Å²) in [5.41, 5.74) is 0. The van der Waals surface area contributed by atoms with E-state index < -0.39 is 10.1 Å². The van der Waals surface area contributed by atoms with E-state index in [-0.39, 0.29) is 32.8 Å². The smallest absolute Gasteiger partial charge is 0.171 e. The molecule has 1 fully saturated rings. The molecular weight excluding hydrogens is 224 g/mol. The molecule has 0 radical (unpaired) electrons. The van der Waals surface area contributed by atoms with Crippen molar-refractivity contribution in [3.8, 4) is 0 Å². The summed E-state index contributed by atoms with van der Waals surface area (Å²) in [7, 11) is 0. The summed E-state index contributed by atoms with van der Waals surface area (Å²) in [4.78, 5) is 31.4. The highest BCUT2D eigenvalue weighted by molar-refractivity contribution is 4.56. The van der Waals surface area contributed by atoms with Crippen LogP contribution in [0.1, 0.15) is 6.42 Å². The van der Waals surface area contributed by atoms with Gasteiger partial charge in [-0.05, 0) is 6.42 Å². The molecule has 0 N–H and O–H groups in total. The van der Waals surface area contributed by atoms with Gasteiger partial charge in [0.2, 0.25) is 0 Å². The summed E-state index contributed by atoms with van der Waals surface area (Å²) in [5, 5.41) is 24.5. The Morgan fingerprint density at radius 1 is 1.00 bits per heavy atom. The highest BCUT2D eigenvalue weighted by Crippen LogP contribution is 2.05. The molecule has 11 heteroatoms. The van der Waals surface area contributed by atoms with Gasteiger partial charge in [0, 0.05) is 0 Å². The van der Waals surface area contributed by atoms with E-state index in [2.05, 4.69) is 5.29 Å². The van der Waals surface area contributed by atoms with E-state index in [0.717, 1.165) is 15.0 Å². The zero-order chi connectivity index (χ0) is 12.1. The van der Waals surface area contributed by atoms with Gasteiger partial charge < -0.3 is 0 Å². The van der Waals surface area contributed by atoms with Gasteiger partial charge in [-0.2, -0.15) is 0 Å². The summed E-state index contributed by atoms with van der Waals surface area (Å²) < 4.78 is 0. The number of nitrogens with zero attached hydrogens (tertiary/aromatic N) is 6. The summed E-state index contributed by atoms with van der Waals surface area (Å²) in [6.45, 7) is -0.658. The van der Waals surface area contributed by atoms with Crippen molar-refractivity contribution >= 4 is 0 Å². The normalized spacial score (nSPS) is 17.6. The van der Waals surface area contributed by atoms with E-state index in [1.807, 2.05) is 0 Å². The summed E-state index contributed by atoms with van der Waals surface area (Å²) in [5.74, 6) is 0. The maximum Gasteiger partial charge on any atom is 0.171 e. The SMILES string of the molecule is O=NN1CN([N+](=O)[O-])CCCN([N+](=O)[O-])C1. The Hall–Kier alpha value is -2.20. The molecule has 16 heavy (non-hydrogen) atoms. The molecular formula is C5H10N6O5. The van der Waals surface area contributed by atoms with Crippen LogP contribution >= 0.6 is 0 Å². The molecule has 0 aromatic carbocycles. The van der Waals surface area contributed by atoms with Gasteiger partial charge in [0.25, 0.3) is 0 Å². The largest absolute Gasteiger partial charge is 0.235 e. The van der Waals surface area contributed by atoms with Crippen LogP contribution in [0.5, 0.6) is 0 Å². The Balaban J connectivity index is 2.68. The molecule has 0 spiro atoms. The predicted octanol–water partition coefficient (Wildman–Crippen LogP) is -0.724. The number of hydrazine groups is 2. The quantitative estimate of drug-likeness (QED) is 0.355. The average Bonchev–Trinajstić information content (AvgIpc) is 2.16. The van der Waals surface area contributed by atoms with Crippen molar-refractivity contribution in [2.75, 3.05) is 26.4 Å². The van der Waals surface area contributed by atoms with Gasteiger partial charge in [-0.3, -0.25) is 0 Å². The molecule has 90 valence electrons. The lowest BCUT2D eigenvalue weighted by Gasteiger charge is -2.26. The second-order valence-corrected chi connectivity index (χ2v) is 3.16. The van der Waals surface area contributed by atoms with Crippen LogP contribution in [-0.2, 0) is 0 Å². The first kappa shape index (κ1) is 11.9. The first-order valence-corrected chi connectivity index (χ1v) is 4.41. The van der Waals surface area contributed by atoms with E-state index in [1.165, 1.54) is 0 Å². The fourth-order valence-corrected chi connectivity index (χ4v) is 1.32. The van der Waals surface area contributed by atoms with Crippen molar-refractivity contribution in [1.29, 1.82) is 0 Å². The first-order valence-electron chi connectivity index (χ1n) is 4.41.